The molecule has 3 rings (SSSR count). The maximum Gasteiger partial charge on any atom is 0.227 e. The van der Waals surface area contributed by atoms with E-state index in [2.05, 4.69) is 9.97 Å². The Hall–Kier alpha value is -1.90. The second-order valence-electron chi connectivity index (χ2n) is 7.47. The third-order valence-electron chi connectivity index (χ3n) is 5.38. The third-order valence-corrected chi connectivity index (χ3v) is 5.38. The monoisotopic (exact) mass is 461 g/mol. The predicted molar refractivity (Wildman–Crippen MR) is 119 cm³/mol. The van der Waals surface area contributed by atoms with Crippen molar-refractivity contribution in [3.05, 3.63) is 29.8 Å². The molecule has 1 aromatic heterocycles. The van der Waals surface area contributed by atoms with Crippen LogP contribution in [0.25, 0.3) is 11.0 Å². The molecule has 3 N–H and O–H groups in total. The van der Waals surface area contributed by atoms with Gasteiger partial charge in [0.15, 0.2) is 0 Å². The molecule has 2 amide bonds. The minimum Gasteiger partial charge on any atom is -0.342 e. The summed E-state index contributed by atoms with van der Waals surface area (Å²) in [7, 11) is 0. The van der Waals surface area contributed by atoms with Crippen molar-refractivity contribution in [3.63, 3.8) is 0 Å². The molecule has 0 saturated carbocycles. The van der Waals surface area contributed by atoms with Gasteiger partial charge in [0, 0.05) is 45.6 Å². The summed E-state index contributed by atoms with van der Waals surface area (Å²) in [6.45, 7) is 5.47. The summed E-state index contributed by atoms with van der Waals surface area (Å²) in [5.41, 5.74) is 7.42. The number of likely N-dealkylation sites (tertiary alicyclic amines) is 1. The van der Waals surface area contributed by atoms with Crippen molar-refractivity contribution in [2.45, 2.75) is 39.2 Å². The third kappa shape index (κ3) is 6.30. The van der Waals surface area contributed by atoms with Crippen LogP contribution < -0.4 is 5.73 Å². The molecule has 0 bridgehead atoms. The highest BCUT2D eigenvalue weighted by Gasteiger charge is 2.30. The topological polar surface area (TPSA) is 95.3 Å². The van der Waals surface area contributed by atoms with Gasteiger partial charge in [-0.1, -0.05) is 0 Å². The fourth-order valence-electron chi connectivity index (χ4n) is 3.76. The molecule has 10 heteroatoms. The van der Waals surface area contributed by atoms with Crippen molar-refractivity contribution in [2.75, 3.05) is 26.2 Å². The number of benzene rings is 1. The van der Waals surface area contributed by atoms with E-state index in [9.17, 15) is 14.0 Å². The number of aromatic nitrogens is 2. The zero-order chi connectivity index (χ0) is 20.3. The van der Waals surface area contributed by atoms with Crippen LogP contribution in [0.1, 0.15) is 32.5 Å². The molecule has 2 aromatic rings. The van der Waals surface area contributed by atoms with Gasteiger partial charge in [-0.2, -0.15) is 0 Å². The van der Waals surface area contributed by atoms with E-state index in [1.54, 1.807) is 15.9 Å². The molecule has 1 fully saturated rings. The first-order valence-electron chi connectivity index (χ1n) is 9.81. The van der Waals surface area contributed by atoms with Gasteiger partial charge in [-0.3, -0.25) is 9.59 Å². The first kappa shape index (κ1) is 26.1. The highest BCUT2D eigenvalue weighted by atomic mass is 35.5. The fraction of sp³-hybridized carbons (Fsp3) is 0.550. The molecular weight excluding hydrogens is 432 g/mol. The Morgan fingerprint density at radius 2 is 2.03 bits per heavy atom. The normalized spacial score (nSPS) is 18.9. The number of carbonyl (C=O) groups excluding carboxylic acids is 2. The number of likely N-dealkylation sites (N-methyl/N-ethyl adjacent to an activating group) is 1. The summed E-state index contributed by atoms with van der Waals surface area (Å²) in [6, 6.07) is 4.35. The van der Waals surface area contributed by atoms with Gasteiger partial charge in [-0.05, 0) is 38.0 Å². The number of aromatic amines is 1. The largest absolute Gasteiger partial charge is 0.342 e. The molecular formula is C20H30Cl2FN5O2. The van der Waals surface area contributed by atoms with Crippen LogP contribution in [0, 0.1) is 11.7 Å². The Morgan fingerprint density at radius 1 is 1.30 bits per heavy atom. The van der Waals surface area contributed by atoms with Crippen LogP contribution >= 0.6 is 24.8 Å². The standard InChI is InChI=1S/C20H28FN5O2.2ClH/c1-3-25(9-8-19-23-17-7-5-15(21)10-18(17)24-19)20(28)14-4-6-16(22)12-26(11-14)13(2)27;;/h5,7,10,14,16H,3-4,6,8-9,11-12,22H2,1-2H3,(H,23,24);2*1H/t14-,16+;;/m1../s1. The molecule has 0 unspecified atom stereocenters. The van der Waals surface area contributed by atoms with Gasteiger partial charge in [0.05, 0.1) is 17.0 Å². The molecule has 0 aliphatic carbocycles. The number of nitrogens with two attached hydrogens (primary N) is 1. The average Bonchev–Trinajstić information content (AvgIpc) is 2.94. The fourth-order valence-corrected chi connectivity index (χ4v) is 3.76. The Labute approximate surface area is 188 Å². The van der Waals surface area contributed by atoms with Crippen molar-refractivity contribution in [1.29, 1.82) is 0 Å². The van der Waals surface area contributed by atoms with Crippen LogP contribution in [-0.4, -0.2) is 63.8 Å². The van der Waals surface area contributed by atoms with Crippen LogP contribution in [0.4, 0.5) is 4.39 Å². The van der Waals surface area contributed by atoms with E-state index in [0.717, 1.165) is 12.2 Å². The quantitative estimate of drug-likeness (QED) is 0.714. The maximum atomic E-state index is 13.3. The van der Waals surface area contributed by atoms with Crippen LogP contribution in [0.3, 0.4) is 0 Å². The Kier molecular flexibility index (Phi) is 10.0. The van der Waals surface area contributed by atoms with Gasteiger partial charge < -0.3 is 20.5 Å². The Bertz CT molecular complexity index is 863. The number of hydrogen-bond acceptors (Lipinski definition) is 4. The van der Waals surface area contributed by atoms with Gasteiger partial charge >= 0.3 is 0 Å². The number of nitrogens with zero attached hydrogens (tertiary/aromatic N) is 3. The number of fused-ring (bicyclic) bond motifs is 1. The van der Waals surface area contributed by atoms with Crippen LogP contribution in [0.5, 0.6) is 0 Å². The van der Waals surface area contributed by atoms with E-state index in [1.165, 1.54) is 19.1 Å². The van der Waals surface area contributed by atoms with Gasteiger partial charge in [0.2, 0.25) is 11.8 Å². The summed E-state index contributed by atoms with van der Waals surface area (Å²) >= 11 is 0. The number of hydrogen-bond donors (Lipinski definition) is 2. The lowest BCUT2D eigenvalue weighted by molar-refractivity contribution is -0.137. The van der Waals surface area contributed by atoms with Gasteiger partial charge in [-0.15, -0.1) is 24.8 Å². The number of carbonyl (C=O) groups is 2. The van der Waals surface area contributed by atoms with Crippen molar-refractivity contribution < 1.29 is 14.0 Å². The van der Waals surface area contributed by atoms with Gasteiger partial charge in [-0.25, -0.2) is 9.37 Å². The first-order chi connectivity index (χ1) is 13.4. The van der Waals surface area contributed by atoms with Crippen LogP contribution in [0.2, 0.25) is 0 Å². The van der Waals surface area contributed by atoms with Crippen LogP contribution in [-0.2, 0) is 16.0 Å². The minimum atomic E-state index is -0.311. The second kappa shape index (κ2) is 11.5. The lowest BCUT2D eigenvalue weighted by Gasteiger charge is -2.28. The summed E-state index contributed by atoms with van der Waals surface area (Å²) in [6.07, 6.45) is 1.97. The minimum absolute atomic E-state index is 0. The second-order valence-corrected chi connectivity index (χ2v) is 7.47. The zero-order valence-electron chi connectivity index (χ0n) is 17.3. The van der Waals surface area contributed by atoms with Gasteiger partial charge in [0.1, 0.15) is 11.6 Å². The molecule has 7 nitrogen and oxygen atoms in total. The van der Waals surface area contributed by atoms with Crippen LogP contribution in [0.15, 0.2) is 18.2 Å². The molecule has 2 heterocycles. The maximum absolute atomic E-state index is 13.3. The number of nitrogens with one attached hydrogen (secondary N) is 1. The van der Waals surface area contributed by atoms with E-state index < -0.39 is 0 Å². The zero-order valence-corrected chi connectivity index (χ0v) is 18.9. The van der Waals surface area contributed by atoms with E-state index in [4.69, 9.17) is 5.73 Å². The lowest BCUT2D eigenvalue weighted by atomic mass is 10.0. The van der Waals surface area contributed by atoms with E-state index in [0.29, 0.717) is 50.1 Å². The van der Waals surface area contributed by atoms with Crippen molar-refractivity contribution in [3.8, 4) is 0 Å². The summed E-state index contributed by atoms with van der Waals surface area (Å²) in [4.78, 5) is 36.0. The highest BCUT2D eigenvalue weighted by Crippen LogP contribution is 2.19. The van der Waals surface area contributed by atoms with E-state index >= 15 is 0 Å². The van der Waals surface area contributed by atoms with Crippen molar-refractivity contribution >= 4 is 47.7 Å². The number of halogens is 3. The molecule has 168 valence electrons. The first-order valence-corrected chi connectivity index (χ1v) is 9.81. The number of H-pyrrole nitrogens is 1. The highest BCUT2D eigenvalue weighted by molar-refractivity contribution is 5.85. The molecule has 30 heavy (non-hydrogen) atoms. The number of rotatable bonds is 5. The molecule has 1 aliphatic rings. The summed E-state index contributed by atoms with van der Waals surface area (Å²) in [5, 5.41) is 0. The Morgan fingerprint density at radius 3 is 2.70 bits per heavy atom. The Balaban J connectivity index is 0.00000225. The van der Waals surface area contributed by atoms with Gasteiger partial charge in [0.25, 0.3) is 0 Å². The molecule has 1 saturated heterocycles. The summed E-state index contributed by atoms with van der Waals surface area (Å²) in [5.74, 6) is 0.176. The van der Waals surface area contributed by atoms with Crippen molar-refractivity contribution in [1.82, 2.24) is 19.8 Å². The lowest BCUT2D eigenvalue weighted by Crippen LogP contribution is -2.44. The molecule has 1 aromatic carbocycles. The molecule has 1 aliphatic heterocycles. The van der Waals surface area contributed by atoms with E-state index in [-0.39, 0.29) is 54.4 Å². The summed E-state index contributed by atoms with van der Waals surface area (Å²) < 4.78 is 13.3. The number of amides is 2. The molecule has 0 radical (unpaired) electrons. The number of imidazole rings is 1. The van der Waals surface area contributed by atoms with Crippen molar-refractivity contribution in [2.24, 2.45) is 11.7 Å². The smallest absolute Gasteiger partial charge is 0.227 e. The molecule has 0 spiro atoms. The molecule has 2 atom stereocenters. The predicted octanol–water partition coefficient (Wildman–Crippen LogP) is 2.52. The SMILES string of the molecule is CCN(CCc1nc2ccc(F)cc2[nH]1)C(=O)[C@@H]1CC[C@H](N)CN(C(C)=O)C1.Cl.Cl. The van der Waals surface area contributed by atoms with E-state index in [1.807, 2.05) is 6.92 Å². The average molecular weight is 462 g/mol.